The van der Waals surface area contributed by atoms with Gasteiger partial charge in [0.2, 0.25) is 5.91 Å². The lowest BCUT2D eigenvalue weighted by atomic mass is 10.2. The minimum absolute atomic E-state index is 0.0393. The van der Waals surface area contributed by atoms with E-state index in [-0.39, 0.29) is 24.9 Å². The summed E-state index contributed by atoms with van der Waals surface area (Å²) in [5.74, 6) is -0.645. The van der Waals surface area contributed by atoms with Crippen LogP contribution in [0, 0.1) is 5.82 Å². The van der Waals surface area contributed by atoms with Gasteiger partial charge in [0, 0.05) is 12.8 Å². The maximum atomic E-state index is 12.8. The molecule has 0 saturated carbocycles. The fourth-order valence-corrected chi connectivity index (χ4v) is 1.87. The molecule has 0 unspecified atom stereocenters. The molecule has 1 aromatic rings. The molecule has 1 heterocycles. The number of benzene rings is 1. The number of amides is 2. The summed E-state index contributed by atoms with van der Waals surface area (Å²) < 4.78 is 22.6. The Morgan fingerprint density at radius 2 is 2.20 bits per heavy atom. The monoisotopic (exact) mass is 282 g/mol. The minimum Gasteiger partial charge on any atom is -0.442 e. The zero-order chi connectivity index (χ0) is 14.5. The van der Waals surface area contributed by atoms with Crippen molar-refractivity contribution < 1.29 is 23.5 Å². The van der Waals surface area contributed by atoms with Crippen LogP contribution in [0.4, 0.5) is 14.9 Å². The Morgan fingerprint density at radius 3 is 2.85 bits per heavy atom. The lowest BCUT2D eigenvalue weighted by Gasteiger charge is -2.12. The molecule has 0 radical (unpaired) electrons. The maximum Gasteiger partial charge on any atom is 0.414 e. The van der Waals surface area contributed by atoms with Crippen LogP contribution in [-0.4, -0.2) is 44.9 Å². The van der Waals surface area contributed by atoms with Crippen LogP contribution in [-0.2, 0) is 14.3 Å². The highest BCUT2D eigenvalue weighted by Crippen LogP contribution is 2.21. The van der Waals surface area contributed by atoms with E-state index < -0.39 is 12.2 Å². The maximum absolute atomic E-state index is 12.8. The standard InChI is InChI=1S/C13H15FN2O4/c1-19-8-12(17)15-6-11-7-16(13(18)20-11)10-4-2-9(14)3-5-10/h2-5,11H,6-8H2,1H3,(H,15,17)/t11-/m0/s1. The van der Waals surface area contributed by atoms with Gasteiger partial charge < -0.3 is 14.8 Å². The highest BCUT2D eigenvalue weighted by atomic mass is 19.1. The topological polar surface area (TPSA) is 67.9 Å². The summed E-state index contributed by atoms with van der Waals surface area (Å²) in [6.45, 7) is 0.478. The molecule has 1 aromatic carbocycles. The van der Waals surface area contributed by atoms with Gasteiger partial charge in [-0.1, -0.05) is 0 Å². The van der Waals surface area contributed by atoms with E-state index in [1.54, 1.807) is 0 Å². The Hall–Kier alpha value is -2.15. The summed E-state index contributed by atoms with van der Waals surface area (Å²) in [5, 5.41) is 2.60. The average molecular weight is 282 g/mol. The van der Waals surface area contributed by atoms with E-state index in [2.05, 4.69) is 10.1 Å². The van der Waals surface area contributed by atoms with Gasteiger partial charge in [0.15, 0.2) is 0 Å². The van der Waals surface area contributed by atoms with Crippen LogP contribution in [0.15, 0.2) is 24.3 Å². The molecule has 2 amide bonds. The highest BCUT2D eigenvalue weighted by molar-refractivity contribution is 5.89. The number of cyclic esters (lactones) is 1. The van der Waals surface area contributed by atoms with E-state index in [0.29, 0.717) is 12.2 Å². The summed E-state index contributed by atoms with van der Waals surface area (Å²) in [6, 6.07) is 5.55. The summed E-state index contributed by atoms with van der Waals surface area (Å²) in [5.41, 5.74) is 0.558. The van der Waals surface area contributed by atoms with E-state index in [0.717, 1.165) is 0 Å². The number of carbonyl (C=O) groups excluding carboxylic acids is 2. The fraction of sp³-hybridized carbons (Fsp3) is 0.385. The molecule has 1 atom stereocenters. The number of ether oxygens (including phenoxy) is 2. The molecule has 1 aliphatic rings. The normalized spacial score (nSPS) is 18.0. The molecule has 20 heavy (non-hydrogen) atoms. The van der Waals surface area contributed by atoms with Crippen molar-refractivity contribution in [3.05, 3.63) is 30.1 Å². The largest absolute Gasteiger partial charge is 0.442 e. The zero-order valence-electron chi connectivity index (χ0n) is 11.0. The molecular formula is C13H15FN2O4. The molecule has 0 aromatic heterocycles. The predicted octanol–water partition coefficient (Wildman–Crippen LogP) is 0.913. The number of hydrogen-bond donors (Lipinski definition) is 1. The van der Waals surface area contributed by atoms with Crippen molar-refractivity contribution in [2.24, 2.45) is 0 Å². The smallest absolute Gasteiger partial charge is 0.414 e. The first-order valence-corrected chi connectivity index (χ1v) is 6.09. The molecule has 1 fully saturated rings. The number of methoxy groups -OCH3 is 1. The van der Waals surface area contributed by atoms with E-state index >= 15 is 0 Å². The van der Waals surface area contributed by atoms with Crippen molar-refractivity contribution in [1.29, 1.82) is 0 Å². The van der Waals surface area contributed by atoms with Crippen molar-refractivity contribution in [3.8, 4) is 0 Å². The minimum atomic E-state index is -0.511. The number of rotatable bonds is 5. The lowest BCUT2D eigenvalue weighted by Crippen LogP contribution is -2.36. The fourth-order valence-electron chi connectivity index (χ4n) is 1.87. The third-order valence-electron chi connectivity index (χ3n) is 2.81. The molecule has 2 rings (SSSR count). The Kier molecular flexibility index (Phi) is 4.52. The Balaban J connectivity index is 1.90. The van der Waals surface area contributed by atoms with Gasteiger partial charge >= 0.3 is 6.09 Å². The van der Waals surface area contributed by atoms with Crippen LogP contribution in [0.2, 0.25) is 0 Å². The van der Waals surface area contributed by atoms with E-state index in [1.165, 1.54) is 36.3 Å². The van der Waals surface area contributed by atoms with Crippen LogP contribution >= 0.6 is 0 Å². The van der Waals surface area contributed by atoms with Crippen molar-refractivity contribution in [2.75, 3.05) is 31.7 Å². The van der Waals surface area contributed by atoms with Gasteiger partial charge in [0.1, 0.15) is 18.5 Å². The summed E-state index contributed by atoms with van der Waals surface area (Å²) in [4.78, 5) is 24.3. The first kappa shape index (κ1) is 14.3. The van der Waals surface area contributed by atoms with Crippen molar-refractivity contribution in [2.45, 2.75) is 6.10 Å². The Bertz CT molecular complexity index is 492. The number of anilines is 1. The average Bonchev–Trinajstić information content (AvgIpc) is 2.79. The van der Waals surface area contributed by atoms with Crippen LogP contribution < -0.4 is 10.2 Å². The summed E-state index contributed by atoms with van der Waals surface area (Å²) in [7, 11) is 1.42. The van der Waals surface area contributed by atoms with Gasteiger partial charge in [0.05, 0.1) is 13.1 Å². The number of nitrogens with zero attached hydrogens (tertiary/aromatic N) is 1. The van der Waals surface area contributed by atoms with Crippen molar-refractivity contribution >= 4 is 17.7 Å². The third kappa shape index (κ3) is 3.45. The SMILES string of the molecule is COCC(=O)NC[C@H]1CN(c2ccc(F)cc2)C(=O)O1. The van der Waals surface area contributed by atoms with Crippen LogP contribution in [0.5, 0.6) is 0 Å². The third-order valence-corrected chi connectivity index (χ3v) is 2.81. The molecule has 1 saturated heterocycles. The quantitative estimate of drug-likeness (QED) is 0.871. The first-order chi connectivity index (χ1) is 9.60. The molecule has 0 bridgehead atoms. The molecule has 0 aliphatic carbocycles. The summed E-state index contributed by atoms with van der Waals surface area (Å²) >= 11 is 0. The van der Waals surface area contributed by atoms with Gasteiger partial charge in [-0.3, -0.25) is 9.69 Å². The molecule has 0 spiro atoms. The lowest BCUT2D eigenvalue weighted by molar-refractivity contribution is -0.125. The van der Waals surface area contributed by atoms with Crippen LogP contribution in [0.25, 0.3) is 0 Å². The van der Waals surface area contributed by atoms with Crippen LogP contribution in [0.1, 0.15) is 0 Å². The molecule has 108 valence electrons. The predicted molar refractivity (Wildman–Crippen MR) is 68.9 cm³/mol. The summed E-state index contributed by atoms with van der Waals surface area (Å²) in [6.07, 6.45) is -0.948. The van der Waals surface area contributed by atoms with Gasteiger partial charge in [-0.25, -0.2) is 9.18 Å². The van der Waals surface area contributed by atoms with E-state index in [4.69, 9.17) is 4.74 Å². The van der Waals surface area contributed by atoms with Gasteiger partial charge in [-0.15, -0.1) is 0 Å². The Morgan fingerprint density at radius 1 is 1.50 bits per heavy atom. The molecule has 6 nitrogen and oxygen atoms in total. The van der Waals surface area contributed by atoms with Crippen molar-refractivity contribution in [1.82, 2.24) is 5.32 Å². The van der Waals surface area contributed by atoms with Crippen molar-refractivity contribution in [3.63, 3.8) is 0 Å². The molecular weight excluding hydrogens is 267 g/mol. The molecule has 1 N–H and O–H groups in total. The molecule has 7 heteroatoms. The van der Waals surface area contributed by atoms with E-state index in [9.17, 15) is 14.0 Å². The van der Waals surface area contributed by atoms with Gasteiger partial charge in [-0.05, 0) is 24.3 Å². The number of carbonyl (C=O) groups is 2. The second kappa shape index (κ2) is 6.33. The van der Waals surface area contributed by atoms with Crippen LogP contribution in [0.3, 0.4) is 0 Å². The Labute approximate surface area is 115 Å². The second-order valence-corrected chi connectivity index (χ2v) is 4.33. The molecule has 1 aliphatic heterocycles. The number of halogens is 1. The second-order valence-electron chi connectivity index (χ2n) is 4.33. The van der Waals surface area contributed by atoms with Gasteiger partial charge in [0.25, 0.3) is 0 Å². The first-order valence-electron chi connectivity index (χ1n) is 6.09. The van der Waals surface area contributed by atoms with E-state index in [1.807, 2.05) is 0 Å². The van der Waals surface area contributed by atoms with Gasteiger partial charge in [-0.2, -0.15) is 0 Å². The zero-order valence-corrected chi connectivity index (χ0v) is 11.0. The number of nitrogens with one attached hydrogen (secondary N) is 1. The highest BCUT2D eigenvalue weighted by Gasteiger charge is 2.32. The number of hydrogen-bond acceptors (Lipinski definition) is 4.